The zero-order valence-electron chi connectivity index (χ0n) is 13.2. The summed E-state index contributed by atoms with van der Waals surface area (Å²) in [5.74, 6) is 0. The first-order chi connectivity index (χ1) is 8.26. The van der Waals surface area contributed by atoms with Gasteiger partial charge >= 0.3 is 0 Å². The van der Waals surface area contributed by atoms with E-state index in [0.29, 0.717) is 0 Å². The van der Waals surface area contributed by atoms with E-state index in [4.69, 9.17) is 0 Å². The fourth-order valence-electron chi connectivity index (χ4n) is 3.14. The summed E-state index contributed by atoms with van der Waals surface area (Å²) in [6, 6.07) is 7.88. The van der Waals surface area contributed by atoms with Crippen LogP contribution in [0.1, 0.15) is 51.3 Å². The second-order valence-corrected chi connectivity index (χ2v) is 6.06. The van der Waals surface area contributed by atoms with Gasteiger partial charge in [0.2, 0.25) is 0 Å². The van der Waals surface area contributed by atoms with E-state index in [0.717, 1.165) is 0 Å². The van der Waals surface area contributed by atoms with Gasteiger partial charge in [0.25, 0.3) is 0 Å². The first-order valence-corrected chi connectivity index (χ1v) is 6.66. The summed E-state index contributed by atoms with van der Waals surface area (Å²) in [4.78, 5) is 0. The number of hydrogen-bond acceptors (Lipinski definition) is 0. The standard InChI is InChI=1S/C18H23.Ti/c1-11-8-9-16(12(2)10-11)17-14(4)13(3)15(5)18(17,6)7;/h8-9H,1-7H3;/q-1;. The van der Waals surface area contributed by atoms with E-state index in [9.17, 15) is 0 Å². The van der Waals surface area contributed by atoms with Gasteiger partial charge in [0.1, 0.15) is 0 Å². The molecule has 0 spiro atoms. The Labute approximate surface area is 132 Å². The SMILES string of the molecule is CC1=C(C)C(C)(C)C(c2ccc(C)[c-]c2C)=C1C.[Ti]. The van der Waals surface area contributed by atoms with Gasteiger partial charge in [-0.15, -0.1) is 5.56 Å². The molecular formula is C18H23Ti-. The normalized spacial score (nSPS) is 17.8. The van der Waals surface area contributed by atoms with Crippen molar-refractivity contribution in [1.29, 1.82) is 0 Å². The summed E-state index contributed by atoms with van der Waals surface area (Å²) >= 11 is 0. The molecule has 0 aromatic heterocycles. The molecule has 0 radical (unpaired) electrons. The van der Waals surface area contributed by atoms with Gasteiger partial charge in [-0.3, -0.25) is 0 Å². The number of allylic oxidation sites excluding steroid dienone is 4. The van der Waals surface area contributed by atoms with Crippen LogP contribution in [0, 0.1) is 25.3 Å². The first-order valence-electron chi connectivity index (χ1n) is 6.66. The minimum atomic E-state index is 0. The molecule has 0 nitrogen and oxygen atoms in total. The molecule has 1 heteroatoms. The number of rotatable bonds is 1. The molecule has 1 aromatic carbocycles. The Hall–Kier alpha value is -0.586. The molecule has 100 valence electrons. The van der Waals surface area contributed by atoms with Gasteiger partial charge in [0.15, 0.2) is 0 Å². The van der Waals surface area contributed by atoms with E-state index in [1.165, 1.54) is 39.0 Å². The monoisotopic (exact) mass is 287 g/mol. The van der Waals surface area contributed by atoms with Crippen LogP contribution in [0.5, 0.6) is 0 Å². The van der Waals surface area contributed by atoms with Crippen molar-refractivity contribution < 1.29 is 21.7 Å². The second-order valence-electron chi connectivity index (χ2n) is 6.06. The van der Waals surface area contributed by atoms with Crippen LogP contribution in [0.25, 0.3) is 5.57 Å². The van der Waals surface area contributed by atoms with Crippen molar-refractivity contribution in [2.24, 2.45) is 5.41 Å². The van der Waals surface area contributed by atoms with Crippen molar-refractivity contribution in [2.75, 3.05) is 0 Å². The summed E-state index contributed by atoms with van der Waals surface area (Å²) in [6.07, 6.45) is 0. The molecule has 2 rings (SSSR count). The van der Waals surface area contributed by atoms with Crippen LogP contribution in [0.2, 0.25) is 0 Å². The van der Waals surface area contributed by atoms with Crippen molar-refractivity contribution in [1.82, 2.24) is 0 Å². The van der Waals surface area contributed by atoms with Gasteiger partial charge in [0.05, 0.1) is 0 Å². The zero-order chi connectivity index (χ0) is 13.7. The average molecular weight is 287 g/mol. The Bertz CT molecular complexity index is 571. The van der Waals surface area contributed by atoms with Crippen LogP contribution in [0.15, 0.2) is 28.9 Å². The molecule has 0 unspecified atom stereocenters. The van der Waals surface area contributed by atoms with Crippen molar-refractivity contribution in [3.8, 4) is 0 Å². The fraction of sp³-hybridized carbons (Fsp3) is 0.444. The van der Waals surface area contributed by atoms with Gasteiger partial charge in [0, 0.05) is 27.1 Å². The van der Waals surface area contributed by atoms with E-state index in [1.54, 1.807) is 0 Å². The van der Waals surface area contributed by atoms with Crippen LogP contribution in [0.4, 0.5) is 0 Å². The molecule has 1 aromatic rings. The zero-order valence-corrected chi connectivity index (χ0v) is 14.7. The summed E-state index contributed by atoms with van der Waals surface area (Å²) < 4.78 is 0. The minimum Gasteiger partial charge on any atom is -0.177 e. The van der Waals surface area contributed by atoms with Crippen molar-refractivity contribution in [2.45, 2.75) is 48.5 Å². The Morgan fingerprint density at radius 3 is 1.89 bits per heavy atom. The van der Waals surface area contributed by atoms with E-state index in [1.807, 2.05) is 0 Å². The van der Waals surface area contributed by atoms with Crippen molar-refractivity contribution in [3.63, 3.8) is 0 Å². The molecule has 1 aliphatic rings. The van der Waals surface area contributed by atoms with Crippen molar-refractivity contribution in [3.05, 3.63) is 51.6 Å². The Kier molecular flexibility index (Phi) is 4.70. The third kappa shape index (κ3) is 2.53. The van der Waals surface area contributed by atoms with Gasteiger partial charge in [-0.05, 0) is 26.3 Å². The summed E-state index contributed by atoms with van der Waals surface area (Å²) in [7, 11) is 0. The van der Waals surface area contributed by atoms with Crippen molar-refractivity contribution >= 4 is 5.57 Å². The molecule has 0 saturated carbocycles. The van der Waals surface area contributed by atoms with Crippen LogP contribution in [-0.4, -0.2) is 0 Å². The van der Waals surface area contributed by atoms with Crippen LogP contribution < -0.4 is 0 Å². The third-order valence-electron chi connectivity index (χ3n) is 4.62. The second kappa shape index (κ2) is 5.42. The molecule has 0 fully saturated rings. The Morgan fingerprint density at radius 1 is 0.895 bits per heavy atom. The quantitative estimate of drug-likeness (QED) is 0.489. The number of benzene rings is 1. The maximum absolute atomic E-state index is 3.45. The summed E-state index contributed by atoms with van der Waals surface area (Å²) in [6.45, 7) is 15.7. The van der Waals surface area contributed by atoms with Crippen LogP contribution >= 0.6 is 0 Å². The maximum Gasteiger partial charge on any atom is 0.000353 e. The van der Waals surface area contributed by atoms with E-state index in [2.05, 4.69) is 66.7 Å². The largest absolute Gasteiger partial charge is 0.177 e. The smallest absolute Gasteiger partial charge is 0.000353 e. The molecule has 0 saturated heterocycles. The molecule has 0 bridgehead atoms. The Balaban J connectivity index is 0.00000180. The predicted octanol–water partition coefficient (Wildman–Crippen LogP) is 5.25. The predicted molar refractivity (Wildman–Crippen MR) is 79.5 cm³/mol. The summed E-state index contributed by atoms with van der Waals surface area (Å²) in [5, 5.41) is 0. The third-order valence-corrected chi connectivity index (χ3v) is 4.62. The molecule has 0 aliphatic heterocycles. The Morgan fingerprint density at radius 2 is 1.47 bits per heavy atom. The van der Waals surface area contributed by atoms with Gasteiger partial charge in [-0.25, -0.2) is 0 Å². The fourth-order valence-corrected chi connectivity index (χ4v) is 3.14. The molecule has 1 aliphatic carbocycles. The molecule has 0 N–H and O–H groups in total. The molecule has 0 amide bonds. The van der Waals surface area contributed by atoms with Gasteiger partial charge in [-0.2, -0.15) is 29.3 Å². The van der Waals surface area contributed by atoms with Crippen LogP contribution in [0.3, 0.4) is 0 Å². The van der Waals surface area contributed by atoms with Gasteiger partial charge in [-0.1, -0.05) is 44.4 Å². The average Bonchev–Trinajstić information content (AvgIpc) is 2.42. The molecule has 0 heterocycles. The van der Waals surface area contributed by atoms with Gasteiger partial charge < -0.3 is 0 Å². The minimum absolute atomic E-state index is 0. The first kappa shape index (κ1) is 16.5. The topological polar surface area (TPSA) is 0 Å². The summed E-state index contributed by atoms with van der Waals surface area (Å²) in [5.41, 5.74) is 9.85. The maximum atomic E-state index is 3.45. The number of hydrogen-bond donors (Lipinski definition) is 0. The van der Waals surface area contributed by atoms with E-state index < -0.39 is 0 Å². The van der Waals surface area contributed by atoms with Crippen LogP contribution in [-0.2, 0) is 21.7 Å². The molecular weight excluding hydrogens is 264 g/mol. The van der Waals surface area contributed by atoms with E-state index in [-0.39, 0.29) is 27.1 Å². The molecule has 19 heavy (non-hydrogen) atoms. The number of aryl methyl sites for hydroxylation is 2. The van der Waals surface area contributed by atoms with E-state index >= 15 is 0 Å². The molecule has 0 atom stereocenters.